The zero-order valence-electron chi connectivity index (χ0n) is 17.2. The molecule has 0 saturated carbocycles. The van der Waals surface area contributed by atoms with E-state index in [4.69, 9.17) is 4.74 Å². The quantitative estimate of drug-likeness (QED) is 0.602. The molecule has 0 aromatic heterocycles. The van der Waals surface area contributed by atoms with Crippen molar-refractivity contribution in [2.75, 3.05) is 7.11 Å². The van der Waals surface area contributed by atoms with E-state index in [0.29, 0.717) is 6.54 Å². The smallest absolute Gasteiger partial charge is 0.237 e. The van der Waals surface area contributed by atoms with Gasteiger partial charge in [-0.05, 0) is 42.7 Å². The molecular weight excluding hydrogens is 360 g/mol. The lowest BCUT2D eigenvalue weighted by Crippen LogP contribution is -2.43. The second-order valence-corrected chi connectivity index (χ2v) is 7.21. The molecule has 0 fully saturated rings. The topological polar surface area (TPSA) is 50.4 Å². The zero-order valence-corrected chi connectivity index (χ0v) is 17.2. The summed E-state index contributed by atoms with van der Waals surface area (Å²) in [6.07, 6.45) is 0. The van der Waals surface area contributed by atoms with Crippen molar-refractivity contribution in [2.45, 2.75) is 32.5 Å². The summed E-state index contributed by atoms with van der Waals surface area (Å²) in [7, 11) is 1.64. The van der Waals surface area contributed by atoms with Crippen LogP contribution >= 0.6 is 0 Å². The van der Waals surface area contributed by atoms with Crippen LogP contribution in [0.2, 0.25) is 0 Å². The van der Waals surface area contributed by atoms with Crippen LogP contribution in [-0.4, -0.2) is 19.1 Å². The number of nitrogens with one attached hydrogen (secondary N) is 2. The lowest BCUT2D eigenvalue weighted by molar-refractivity contribution is -0.123. The molecule has 0 aliphatic rings. The molecule has 3 aromatic rings. The molecular formula is C25H28N2O2. The summed E-state index contributed by atoms with van der Waals surface area (Å²) in [5, 5.41) is 6.50. The molecule has 4 heteroatoms. The zero-order chi connectivity index (χ0) is 20.6. The summed E-state index contributed by atoms with van der Waals surface area (Å²) in [4.78, 5) is 12.7. The largest absolute Gasteiger partial charge is 0.497 e. The standard InChI is InChI=1S/C25H28N2O2/c1-18-9-13-22(14-10-18)24(21-7-5-4-6-8-21)27-19(2)25(28)26-17-20-11-15-23(29-3)16-12-20/h4-16,19,24,27H,17H2,1-3H3,(H,26,28)/t19-,24-/m1/s1. The Balaban J connectivity index is 1.67. The van der Waals surface area contributed by atoms with Gasteiger partial charge in [-0.2, -0.15) is 0 Å². The first-order valence-electron chi connectivity index (χ1n) is 9.85. The average Bonchev–Trinajstić information content (AvgIpc) is 2.77. The maximum absolute atomic E-state index is 12.7. The van der Waals surface area contributed by atoms with Gasteiger partial charge in [0, 0.05) is 6.54 Å². The number of carbonyl (C=O) groups excluding carboxylic acids is 1. The molecule has 0 bridgehead atoms. The van der Waals surface area contributed by atoms with E-state index in [0.717, 1.165) is 22.4 Å². The first-order valence-corrected chi connectivity index (χ1v) is 9.85. The molecule has 150 valence electrons. The summed E-state index contributed by atoms with van der Waals surface area (Å²) in [6, 6.07) is 25.9. The number of amides is 1. The summed E-state index contributed by atoms with van der Waals surface area (Å²) >= 11 is 0. The van der Waals surface area contributed by atoms with E-state index in [2.05, 4.69) is 54.0 Å². The third-order valence-corrected chi connectivity index (χ3v) is 4.98. The number of hydrogen-bond acceptors (Lipinski definition) is 3. The predicted octanol–water partition coefficient (Wildman–Crippen LogP) is 4.39. The highest BCUT2D eigenvalue weighted by molar-refractivity contribution is 5.81. The SMILES string of the molecule is COc1ccc(CNC(=O)[C@@H](C)N[C@H](c2ccccc2)c2ccc(C)cc2)cc1. The van der Waals surface area contributed by atoms with Gasteiger partial charge in [-0.15, -0.1) is 0 Å². The third-order valence-electron chi connectivity index (χ3n) is 4.98. The highest BCUT2D eigenvalue weighted by Gasteiger charge is 2.20. The molecule has 0 aliphatic carbocycles. The molecule has 29 heavy (non-hydrogen) atoms. The van der Waals surface area contributed by atoms with E-state index < -0.39 is 0 Å². The van der Waals surface area contributed by atoms with Crippen molar-refractivity contribution < 1.29 is 9.53 Å². The molecule has 3 rings (SSSR count). The summed E-state index contributed by atoms with van der Waals surface area (Å²) < 4.78 is 5.17. The van der Waals surface area contributed by atoms with Crippen molar-refractivity contribution in [3.63, 3.8) is 0 Å². The van der Waals surface area contributed by atoms with Crippen LogP contribution in [0.3, 0.4) is 0 Å². The van der Waals surface area contributed by atoms with Crippen LogP contribution < -0.4 is 15.4 Å². The van der Waals surface area contributed by atoms with Crippen molar-refractivity contribution >= 4 is 5.91 Å². The van der Waals surface area contributed by atoms with Crippen LogP contribution in [0.1, 0.15) is 35.2 Å². The minimum Gasteiger partial charge on any atom is -0.497 e. The Kier molecular flexibility index (Phi) is 7.04. The van der Waals surface area contributed by atoms with Gasteiger partial charge in [0.25, 0.3) is 0 Å². The van der Waals surface area contributed by atoms with Crippen LogP contribution in [0.5, 0.6) is 5.75 Å². The minimum atomic E-state index is -0.347. The Hall–Kier alpha value is -3.11. The summed E-state index contributed by atoms with van der Waals surface area (Å²) in [5.74, 6) is 0.771. The number of ether oxygens (including phenoxy) is 1. The van der Waals surface area contributed by atoms with Crippen LogP contribution in [0.4, 0.5) is 0 Å². The molecule has 0 saturated heterocycles. The van der Waals surface area contributed by atoms with E-state index in [1.807, 2.05) is 49.4 Å². The van der Waals surface area contributed by atoms with Gasteiger partial charge in [0.1, 0.15) is 5.75 Å². The Labute approximate surface area is 172 Å². The molecule has 0 aliphatic heterocycles. The van der Waals surface area contributed by atoms with Crippen molar-refractivity contribution in [3.8, 4) is 5.75 Å². The highest BCUT2D eigenvalue weighted by atomic mass is 16.5. The summed E-state index contributed by atoms with van der Waals surface area (Å²) in [6.45, 7) is 4.45. The van der Waals surface area contributed by atoms with E-state index in [-0.39, 0.29) is 18.0 Å². The van der Waals surface area contributed by atoms with Gasteiger partial charge in [0.2, 0.25) is 5.91 Å². The molecule has 0 heterocycles. The van der Waals surface area contributed by atoms with Gasteiger partial charge in [0.15, 0.2) is 0 Å². The van der Waals surface area contributed by atoms with Gasteiger partial charge in [-0.1, -0.05) is 72.3 Å². The molecule has 4 nitrogen and oxygen atoms in total. The molecule has 3 aromatic carbocycles. The number of benzene rings is 3. The normalized spacial score (nSPS) is 12.8. The Morgan fingerprint density at radius 3 is 2.14 bits per heavy atom. The van der Waals surface area contributed by atoms with Gasteiger partial charge in [-0.25, -0.2) is 0 Å². The van der Waals surface area contributed by atoms with Crippen molar-refractivity contribution in [1.82, 2.24) is 10.6 Å². The van der Waals surface area contributed by atoms with Crippen molar-refractivity contribution in [3.05, 3.63) is 101 Å². The Bertz CT molecular complexity index is 906. The van der Waals surface area contributed by atoms with Gasteiger partial charge >= 0.3 is 0 Å². The first-order chi connectivity index (χ1) is 14.1. The Morgan fingerprint density at radius 2 is 1.52 bits per heavy atom. The van der Waals surface area contributed by atoms with Crippen molar-refractivity contribution in [2.24, 2.45) is 0 Å². The van der Waals surface area contributed by atoms with Gasteiger partial charge < -0.3 is 10.1 Å². The minimum absolute atomic E-state index is 0.0335. The fourth-order valence-corrected chi connectivity index (χ4v) is 3.20. The van der Waals surface area contributed by atoms with E-state index >= 15 is 0 Å². The number of hydrogen-bond donors (Lipinski definition) is 2. The van der Waals surface area contributed by atoms with Crippen LogP contribution in [0.15, 0.2) is 78.9 Å². The molecule has 1 amide bonds. The van der Waals surface area contributed by atoms with Crippen LogP contribution in [0, 0.1) is 6.92 Å². The second kappa shape index (κ2) is 9.89. The number of aryl methyl sites for hydroxylation is 1. The van der Waals surface area contributed by atoms with E-state index in [9.17, 15) is 4.79 Å². The number of methoxy groups -OCH3 is 1. The molecule has 0 unspecified atom stereocenters. The van der Waals surface area contributed by atoms with E-state index in [1.54, 1.807) is 7.11 Å². The fraction of sp³-hybridized carbons (Fsp3) is 0.240. The molecule has 2 atom stereocenters. The molecule has 2 N–H and O–H groups in total. The maximum Gasteiger partial charge on any atom is 0.237 e. The molecule has 0 radical (unpaired) electrons. The van der Waals surface area contributed by atoms with Crippen molar-refractivity contribution in [1.29, 1.82) is 0 Å². The highest BCUT2D eigenvalue weighted by Crippen LogP contribution is 2.23. The lowest BCUT2D eigenvalue weighted by atomic mass is 9.97. The molecule has 0 spiro atoms. The Morgan fingerprint density at radius 1 is 0.897 bits per heavy atom. The van der Waals surface area contributed by atoms with E-state index in [1.165, 1.54) is 5.56 Å². The van der Waals surface area contributed by atoms with Gasteiger partial charge in [0.05, 0.1) is 19.2 Å². The van der Waals surface area contributed by atoms with Gasteiger partial charge in [-0.3, -0.25) is 10.1 Å². The second-order valence-electron chi connectivity index (χ2n) is 7.21. The monoisotopic (exact) mass is 388 g/mol. The fourth-order valence-electron chi connectivity index (χ4n) is 3.20. The predicted molar refractivity (Wildman–Crippen MR) is 117 cm³/mol. The first kappa shape index (κ1) is 20.6. The maximum atomic E-state index is 12.7. The van der Waals surface area contributed by atoms with Crippen LogP contribution in [0.25, 0.3) is 0 Å². The summed E-state index contributed by atoms with van der Waals surface area (Å²) in [5.41, 5.74) is 4.51. The lowest BCUT2D eigenvalue weighted by Gasteiger charge is -2.24. The number of carbonyl (C=O) groups is 1. The average molecular weight is 389 g/mol. The van der Waals surface area contributed by atoms with Crippen LogP contribution in [-0.2, 0) is 11.3 Å². The third kappa shape index (κ3) is 5.69. The number of rotatable bonds is 8.